The van der Waals surface area contributed by atoms with Gasteiger partial charge in [-0.25, -0.2) is 0 Å². The Labute approximate surface area is 103 Å². The number of hydrogen-bond acceptors (Lipinski definition) is 4. The largest absolute Gasteiger partial charge is 0.378 e. The van der Waals surface area contributed by atoms with Gasteiger partial charge in [-0.15, -0.1) is 0 Å². The first-order chi connectivity index (χ1) is 8.16. The molecule has 17 heavy (non-hydrogen) atoms. The summed E-state index contributed by atoms with van der Waals surface area (Å²) in [6.07, 6.45) is 1.12. The molecule has 2 fully saturated rings. The monoisotopic (exact) mass is 241 g/mol. The quantitative estimate of drug-likeness (QED) is 0.724. The predicted octanol–water partition coefficient (Wildman–Crippen LogP) is -0.486. The zero-order valence-electron chi connectivity index (χ0n) is 10.6. The van der Waals surface area contributed by atoms with E-state index in [1.54, 1.807) is 0 Å². The Hall–Kier alpha value is -0.650. The zero-order chi connectivity index (χ0) is 12.3. The van der Waals surface area contributed by atoms with Crippen molar-refractivity contribution in [3.8, 4) is 0 Å². The minimum atomic E-state index is 0.235. The molecule has 1 amide bonds. The van der Waals surface area contributed by atoms with Crippen LogP contribution in [0.1, 0.15) is 13.3 Å². The lowest BCUT2D eigenvalue weighted by Gasteiger charge is -2.28. The topological polar surface area (TPSA) is 58.8 Å². The van der Waals surface area contributed by atoms with Crippen molar-refractivity contribution in [2.75, 3.05) is 45.9 Å². The highest BCUT2D eigenvalue weighted by atomic mass is 16.5. The van der Waals surface area contributed by atoms with E-state index in [0.717, 1.165) is 32.6 Å². The SMILES string of the molecule is CC(N)C1CCN(CC(=O)N2CCOCC2)C1. The molecule has 2 rings (SSSR count). The maximum absolute atomic E-state index is 12.0. The van der Waals surface area contributed by atoms with Crippen LogP contribution in [0, 0.1) is 5.92 Å². The number of nitrogens with zero attached hydrogens (tertiary/aromatic N) is 2. The number of amides is 1. The van der Waals surface area contributed by atoms with Gasteiger partial charge < -0.3 is 15.4 Å². The Bertz CT molecular complexity index is 264. The Kier molecular flexibility index (Phi) is 4.36. The van der Waals surface area contributed by atoms with E-state index < -0.39 is 0 Å². The van der Waals surface area contributed by atoms with Crippen molar-refractivity contribution in [3.05, 3.63) is 0 Å². The van der Waals surface area contributed by atoms with Crippen LogP contribution >= 0.6 is 0 Å². The van der Waals surface area contributed by atoms with Crippen molar-refractivity contribution < 1.29 is 9.53 Å². The highest BCUT2D eigenvalue weighted by Crippen LogP contribution is 2.18. The highest BCUT2D eigenvalue weighted by Gasteiger charge is 2.28. The summed E-state index contributed by atoms with van der Waals surface area (Å²) in [5.74, 6) is 0.783. The summed E-state index contributed by atoms with van der Waals surface area (Å²) in [7, 11) is 0. The van der Waals surface area contributed by atoms with E-state index in [1.807, 2.05) is 4.90 Å². The molecule has 2 unspecified atom stereocenters. The Morgan fingerprint density at radius 3 is 2.71 bits per heavy atom. The third kappa shape index (κ3) is 3.40. The maximum Gasteiger partial charge on any atom is 0.236 e. The molecule has 2 N–H and O–H groups in total. The van der Waals surface area contributed by atoms with Crippen LogP contribution in [-0.2, 0) is 9.53 Å². The third-order valence-electron chi connectivity index (χ3n) is 3.78. The standard InChI is InChI=1S/C12H23N3O2/c1-10(13)11-2-3-14(8-11)9-12(16)15-4-6-17-7-5-15/h10-11H,2-9,13H2,1H3. The van der Waals surface area contributed by atoms with Gasteiger partial charge in [0.05, 0.1) is 19.8 Å². The van der Waals surface area contributed by atoms with Gasteiger partial charge >= 0.3 is 0 Å². The van der Waals surface area contributed by atoms with Crippen LogP contribution in [0.25, 0.3) is 0 Å². The number of nitrogens with two attached hydrogens (primary N) is 1. The first kappa shape index (κ1) is 12.8. The molecule has 2 aliphatic rings. The molecule has 2 atom stereocenters. The smallest absolute Gasteiger partial charge is 0.236 e. The van der Waals surface area contributed by atoms with Gasteiger partial charge in [-0.2, -0.15) is 0 Å². The molecule has 98 valence electrons. The predicted molar refractivity (Wildman–Crippen MR) is 65.6 cm³/mol. The number of likely N-dealkylation sites (tertiary alicyclic amines) is 1. The molecule has 0 radical (unpaired) electrons. The molecule has 5 heteroatoms. The minimum Gasteiger partial charge on any atom is -0.378 e. The fraction of sp³-hybridized carbons (Fsp3) is 0.917. The average Bonchev–Trinajstić information content (AvgIpc) is 2.79. The minimum absolute atomic E-state index is 0.235. The molecule has 2 heterocycles. The van der Waals surface area contributed by atoms with Crippen molar-refractivity contribution in [2.24, 2.45) is 11.7 Å². The second-order valence-electron chi connectivity index (χ2n) is 5.14. The zero-order valence-corrected chi connectivity index (χ0v) is 10.6. The Morgan fingerprint density at radius 1 is 1.41 bits per heavy atom. The summed E-state index contributed by atoms with van der Waals surface area (Å²) in [5, 5.41) is 0. The third-order valence-corrected chi connectivity index (χ3v) is 3.78. The molecular formula is C12H23N3O2. The number of carbonyl (C=O) groups excluding carboxylic acids is 1. The average molecular weight is 241 g/mol. The van der Waals surface area contributed by atoms with Crippen LogP contribution in [0.3, 0.4) is 0 Å². The van der Waals surface area contributed by atoms with Crippen molar-refractivity contribution in [1.29, 1.82) is 0 Å². The van der Waals surface area contributed by atoms with E-state index in [9.17, 15) is 4.79 Å². The highest BCUT2D eigenvalue weighted by molar-refractivity contribution is 5.78. The van der Waals surface area contributed by atoms with Crippen LogP contribution in [0.4, 0.5) is 0 Å². The summed E-state index contributed by atoms with van der Waals surface area (Å²) in [6.45, 7) is 7.40. The molecule has 0 aromatic heterocycles. The molecule has 5 nitrogen and oxygen atoms in total. The van der Waals surface area contributed by atoms with Crippen LogP contribution < -0.4 is 5.73 Å². The number of rotatable bonds is 3. The van der Waals surface area contributed by atoms with Crippen LogP contribution in [-0.4, -0.2) is 67.7 Å². The second kappa shape index (κ2) is 5.80. The molecule has 0 aliphatic carbocycles. The molecule has 0 aromatic carbocycles. The van der Waals surface area contributed by atoms with Crippen molar-refractivity contribution in [1.82, 2.24) is 9.80 Å². The fourth-order valence-corrected chi connectivity index (χ4v) is 2.54. The van der Waals surface area contributed by atoms with Crippen molar-refractivity contribution >= 4 is 5.91 Å². The van der Waals surface area contributed by atoms with E-state index >= 15 is 0 Å². The molecular weight excluding hydrogens is 218 g/mol. The fourth-order valence-electron chi connectivity index (χ4n) is 2.54. The number of carbonyl (C=O) groups is 1. The lowest BCUT2D eigenvalue weighted by atomic mass is 10.0. The van der Waals surface area contributed by atoms with Gasteiger partial charge in [-0.1, -0.05) is 0 Å². The van der Waals surface area contributed by atoms with Crippen molar-refractivity contribution in [3.63, 3.8) is 0 Å². The summed E-state index contributed by atoms with van der Waals surface area (Å²) < 4.78 is 5.24. The van der Waals surface area contributed by atoms with Gasteiger partial charge in [0.25, 0.3) is 0 Å². The lowest BCUT2D eigenvalue weighted by molar-refractivity contribution is -0.136. The van der Waals surface area contributed by atoms with Gasteiger partial charge in [-0.05, 0) is 25.8 Å². The Morgan fingerprint density at radius 2 is 2.12 bits per heavy atom. The van der Waals surface area contributed by atoms with E-state index in [2.05, 4.69) is 11.8 Å². The van der Waals surface area contributed by atoms with Crippen LogP contribution in [0.2, 0.25) is 0 Å². The van der Waals surface area contributed by atoms with Crippen LogP contribution in [0.5, 0.6) is 0 Å². The molecule has 0 aromatic rings. The van der Waals surface area contributed by atoms with E-state index in [1.165, 1.54) is 0 Å². The van der Waals surface area contributed by atoms with Gasteiger partial charge in [0, 0.05) is 25.7 Å². The van der Waals surface area contributed by atoms with Gasteiger partial charge in [0.2, 0.25) is 5.91 Å². The molecule has 0 bridgehead atoms. The Balaban J connectivity index is 1.75. The van der Waals surface area contributed by atoms with E-state index in [0.29, 0.717) is 25.7 Å². The summed E-state index contributed by atoms with van der Waals surface area (Å²) in [6, 6.07) is 0.235. The van der Waals surface area contributed by atoms with Crippen molar-refractivity contribution in [2.45, 2.75) is 19.4 Å². The summed E-state index contributed by atoms with van der Waals surface area (Å²) in [5.41, 5.74) is 5.89. The summed E-state index contributed by atoms with van der Waals surface area (Å²) in [4.78, 5) is 16.2. The van der Waals surface area contributed by atoms with Gasteiger partial charge in [0.1, 0.15) is 0 Å². The molecule has 0 spiro atoms. The maximum atomic E-state index is 12.0. The van der Waals surface area contributed by atoms with Gasteiger partial charge in [-0.3, -0.25) is 9.69 Å². The number of ether oxygens (including phenoxy) is 1. The van der Waals surface area contributed by atoms with E-state index in [4.69, 9.17) is 10.5 Å². The number of hydrogen-bond donors (Lipinski definition) is 1. The number of morpholine rings is 1. The summed E-state index contributed by atoms with van der Waals surface area (Å²) >= 11 is 0. The first-order valence-electron chi connectivity index (χ1n) is 6.50. The van der Waals surface area contributed by atoms with E-state index in [-0.39, 0.29) is 11.9 Å². The van der Waals surface area contributed by atoms with Gasteiger partial charge in [0.15, 0.2) is 0 Å². The normalized spacial score (nSPS) is 28.4. The second-order valence-corrected chi connectivity index (χ2v) is 5.14. The molecule has 2 aliphatic heterocycles. The molecule has 2 saturated heterocycles. The molecule has 0 saturated carbocycles. The lowest BCUT2D eigenvalue weighted by Crippen LogP contribution is -2.45. The first-order valence-corrected chi connectivity index (χ1v) is 6.50. The van der Waals surface area contributed by atoms with Crippen LogP contribution in [0.15, 0.2) is 0 Å².